The number of nitrogens with zero attached hydrogens (tertiary/aromatic N) is 4. The van der Waals surface area contributed by atoms with Gasteiger partial charge in [0.25, 0.3) is 0 Å². The highest BCUT2D eigenvalue weighted by Crippen LogP contribution is 2.34. The number of likely N-dealkylation sites (tertiary alicyclic amines) is 1. The van der Waals surface area contributed by atoms with Gasteiger partial charge in [0.15, 0.2) is 0 Å². The van der Waals surface area contributed by atoms with Gasteiger partial charge in [-0.1, -0.05) is 0 Å². The van der Waals surface area contributed by atoms with Crippen molar-refractivity contribution in [2.45, 2.75) is 45.8 Å². The Morgan fingerprint density at radius 2 is 1.96 bits per heavy atom. The first-order valence-corrected chi connectivity index (χ1v) is 9.72. The van der Waals surface area contributed by atoms with Crippen LogP contribution >= 0.6 is 11.3 Å². The van der Waals surface area contributed by atoms with E-state index in [1.807, 2.05) is 29.9 Å². The van der Waals surface area contributed by atoms with Crippen molar-refractivity contribution in [3.63, 3.8) is 0 Å². The zero-order chi connectivity index (χ0) is 17.2. The lowest BCUT2D eigenvalue weighted by atomic mass is 10.2. The van der Waals surface area contributed by atoms with Crippen LogP contribution in [0.1, 0.15) is 45.7 Å². The summed E-state index contributed by atoms with van der Waals surface area (Å²) in [4.78, 5) is 14.4. The van der Waals surface area contributed by atoms with Gasteiger partial charge < -0.3 is 4.57 Å². The van der Waals surface area contributed by atoms with Crippen molar-refractivity contribution in [2.24, 2.45) is 0 Å². The number of aryl methyl sites for hydroxylation is 2. The van der Waals surface area contributed by atoms with Crippen LogP contribution in [-0.2, 0) is 13.1 Å². The van der Waals surface area contributed by atoms with Crippen LogP contribution in [0.2, 0.25) is 0 Å². The van der Waals surface area contributed by atoms with E-state index in [1.54, 1.807) is 0 Å². The summed E-state index contributed by atoms with van der Waals surface area (Å²) in [7, 11) is 0. The number of pyridine rings is 1. The maximum Gasteiger partial charge on any atom is 0.126 e. The molecule has 0 N–H and O–H groups in total. The predicted molar refractivity (Wildman–Crippen MR) is 102 cm³/mol. The number of thiophene rings is 1. The smallest absolute Gasteiger partial charge is 0.126 e. The van der Waals surface area contributed by atoms with Crippen molar-refractivity contribution in [3.8, 4) is 0 Å². The molecule has 3 aromatic heterocycles. The van der Waals surface area contributed by atoms with E-state index >= 15 is 0 Å². The SMILES string of the molecule is Cc1ccc(CN2CCCC2c2ncc(C)n2Cc2ccncc2)s1. The Balaban J connectivity index is 1.58. The minimum absolute atomic E-state index is 0.415. The Labute approximate surface area is 153 Å². The third-order valence-electron chi connectivity index (χ3n) is 4.99. The number of rotatable bonds is 5. The van der Waals surface area contributed by atoms with Crippen molar-refractivity contribution < 1.29 is 0 Å². The summed E-state index contributed by atoms with van der Waals surface area (Å²) in [5.74, 6) is 1.21. The van der Waals surface area contributed by atoms with Crippen molar-refractivity contribution in [1.29, 1.82) is 0 Å². The number of hydrogen-bond acceptors (Lipinski definition) is 4. The lowest BCUT2D eigenvalue weighted by Gasteiger charge is -2.24. The molecule has 0 aliphatic carbocycles. The van der Waals surface area contributed by atoms with Crippen molar-refractivity contribution in [1.82, 2.24) is 19.4 Å². The monoisotopic (exact) mass is 352 g/mol. The fourth-order valence-corrected chi connectivity index (χ4v) is 4.62. The molecule has 3 aromatic rings. The topological polar surface area (TPSA) is 34.0 Å². The summed E-state index contributed by atoms with van der Waals surface area (Å²) in [5.41, 5.74) is 2.50. The molecule has 0 spiro atoms. The standard InChI is InChI=1S/C20H24N4S/c1-15-12-22-20(24(15)13-17-7-9-21-10-8-17)19-4-3-11-23(19)14-18-6-5-16(2)25-18/h5-10,12,19H,3-4,11,13-14H2,1-2H3. The minimum Gasteiger partial charge on any atom is -0.327 e. The summed E-state index contributed by atoms with van der Waals surface area (Å²) in [6.45, 7) is 7.39. The Kier molecular flexibility index (Phi) is 4.68. The molecule has 4 heterocycles. The fourth-order valence-electron chi connectivity index (χ4n) is 3.70. The van der Waals surface area contributed by atoms with Gasteiger partial charge >= 0.3 is 0 Å². The minimum atomic E-state index is 0.415. The normalized spacial score (nSPS) is 18.1. The van der Waals surface area contributed by atoms with Gasteiger partial charge in [-0.15, -0.1) is 11.3 Å². The molecular formula is C20H24N4S. The molecule has 0 amide bonds. The van der Waals surface area contributed by atoms with Crippen LogP contribution in [-0.4, -0.2) is 26.0 Å². The predicted octanol–water partition coefficient (Wildman–Crippen LogP) is 4.34. The van der Waals surface area contributed by atoms with Gasteiger partial charge in [-0.25, -0.2) is 4.98 Å². The molecule has 0 aromatic carbocycles. The Hall–Kier alpha value is -1.98. The highest BCUT2D eigenvalue weighted by atomic mass is 32.1. The van der Waals surface area contributed by atoms with Crippen LogP contribution in [0.4, 0.5) is 0 Å². The first kappa shape index (κ1) is 16.5. The summed E-state index contributed by atoms with van der Waals surface area (Å²) < 4.78 is 2.37. The number of hydrogen-bond donors (Lipinski definition) is 0. The van der Waals surface area contributed by atoms with Crippen molar-refractivity contribution in [2.75, 3.05) is 6.54 Å². The molecule has 130 valence electrons. The second-order valence-corrected chi connectivity index (χ2v) is 8.21. The number of aromatic nitrogens is 3. The molecule has 4 nitrogen and oxygen atoms in total. The van der Waals surface area contributed by atoms with E-state index in [0.717, 1.165) is 19.6 Å². The second-order valence-electron chi connectivity index (χ2n) is 6.84. The quantitative estimate of drug-likeness (QED) is 0.685. The first-order valence-electron chi connectivity index (χ1n) is 8.91. The van der Waals surface area contributed by atoms with Gasteiger partial charge in [0.05, 0.1) is 6.04 Å². The highest BCUT2D eigenvalue weighted by molar-refractivity contribution is 7.11. The van der Waals surface area contributed by atoms with Gasteiger partial charge in [0, 0.05) is 47.1 Å². The summed E-state index contributed by atoms with van der Waals surface area (Å²) in [6, 6.07) is 9.08. The highest BCUT2D eigenvalue weighted by Gasteiger charge is 2.30. The largest absolute Gasteiger partial charge is 0.327 e. The maximum absolute atomic E-state index is 4.80. The lowest BCUT2D eigenvalue weighted by Crippen LogP contribution is -2.25. The lowest BCUT2D eigenvalue weighted by molar-refractivity contribution is 0.237. The fraction of sp³-hybridized carbons (Fsp3) is 0.400. The average Bonchev–Trinajstić information content (AvgIpc) is 3.32. The van der Waals surface area contributed by atoms with Crippen molar-refractivity contribution >= 4 is 11.3 Å². The molecule has 1 atom stereocenters. The molecule has 1 unspecified atom stereocenters. The van der Waals surface area contributed by atoms with Crippen LogP contribution in [0.5, 0.6) is 0 Å². The van der Waals surface area contributed by atoms with E-state index in [2.05, 4.69) is 52.6 Å². The summed E-state index contributed by atoms with van der Waals surface area (Å²) in [6.07, 6.45) is 8.18. The Bertz CT molecular complexity index is 837. The van der Waals surface area contributed by atoms with Gasteiger partial charge in [0.1, 0.15) is 5.82 Å². The summed E-state index contributed by atoms with van der Waals surface area (Å²) >= 11 is 1.91. The molecule has 0 radical (unpaired) electrons. The van der Waals surface area contributed by atoms with E-state index in [4.69, 9.17) is 4.98 Å². The molecule has 1 fully saturated rings. The van der Waals surface area contributed by atoms with E-state index in [9.17, 15) is 0 Å². The van der Waals surface area contributed by atoms with Gasteiger partial charge in [-0.2, -0.15) is 0 Å². The molecule has 5 heteroatoms. The molecule has 25 heavy (non-hydrogen) atoms. The van der Waals surface area contributed by atoms with Crippen LogP contribution < -0.4 is 0 Å². The summed E-state index contributed by atoms with van der Waals surface area (Å²) in [5, 5.41) is 0. The molecular weight excluding hydrogens is 328 g/mol. The molecule has 1 aliphatic rings. The van der Waals surface area contributed by atoms with Crippen LogP contribution in [0, 0.1) is 13.8 Å². The molecule has 0 saturated carbocycles. The molecule has 4 rings (SSSR count). The maximum atomic E-state index is 4.80. The molecule has 1 aliphatic heterocycles. The van der Waals surface area contributed by atoms with Gasteiger partial charge in [-0.3, -0.25) is 9.88 Å². The van der Waals surface area contributed by atoms with Crippen molar-refractivity contribution in [3.05, 3.63) is 69.7 Å². The zero-order valence-corrected chi connectivity index (χ0v) is 15.7. The van der Waals surface area contributed by atoms with Crippen LogP contribution in [0.15, 0.2) is 42.9 Å². The first-order chi connectivity index (χ1) is 12.2. The molecule has 1 saturated heterocycles. The molecule has 0 bridgehead atoms. The third kappa shape index (κ3) is 3.53. The Morgan fingerprint density at radius 1 is 1.12 bits per heavy atom. The van der Waals surface area contributed by atoms with Crippen LogP contribution in [0.25, 0.3) is 0 Å². The third-order valence-corrected chi connectivity index (χ3v) is 5.98. The van der Waals surface area contributed by atoms with E-state index < -0.39 is 0 Å². The second kappa shape index (κ2) is 7.10. The van der Waals surface area contributed by atoms with E-state index in [0.29, 0.717) is 6.04 Å². The van der Waals surface area contributed by atoms with E-state index in [-0.39, 0.29) is 0 Å². The van der Waals surface area contributed by atoms with Gasteiger partial charge in [0.2, 0.25) is 0 Å². The number of imidazole rings is 1. The zero-order valence-electron chi connectivity index (χ0n) is 14.9. The van der Waals surface area contributed by atoms with E-state index in [1.165, 1.54) is 39.7 Å². The average molecular weight is 353 g/mol. The van der Waals surface area contributed by atoms with Crippen LogP contribution in [0.3, 0.4) is 0 Å². The van der Waals surface area contributed by atoms with Gasteiger partial charge in [-0.05, 0) is 63.1 Å². The Morgan fingerprint density at radius 3 is 2.72 bits per heavy atom.